The molecule has 3 aromatic heterocycles. The van der Waals surface area contributed by atoms with Gasteiger partial charge in [-0.2, -0.15) is 5.10 Å². The Bertz CT molecular complexity index is 1100. The lowest BCUT2D eigenvalue weighted by molar-refractivity contribution is 0.194. The molecule has 1 atom stereocenters. The lowest BCUT2D eigenvalue weighted by atomic mass is 10.1. The number of hydrogen-bond acceptors (Lipinski definition) is 7. The number of hydrogen-bond donors (Lipinski definition) is 2. The minimum Gasteiger partial charge on any atom is -0.470 e. The molecule has 1 unspecified atom stereocenters. The molecular weight excluding hydrogens is 414 g/mol. The van der Waals surface area contributed by atoms with Gasteiger partial charge in [0.05, 0.1) is 18.4 Å². The first-order valence-electron chi connectivity index (χ1n) is 11.1. The number of aromatic nitrogens is 5. The van der Waals surface area contributed by atoms with Gasteiger partial charge in [0.2, 0.25) is 5.88 Å². The molecule has 1 aliphatic rings. The number of anilines is 1. The van der Waals surface area contributed by atoms with Crippen molar-refractivity contribution in [3.63, 3.8) is 0 Å². The molecule has 5 rings (SSSR count). The van der Waals surface area contributed by atoms with Crippen LogP contribution >= 0.6 is 0 Å². The quantitative estimate of drug-likeness (QED) is 0.442. The van der Waals surface area contributed by atoms with E-state index in [-0.39, 0.29) is 6.10 Å². The van der Waals surface area contributed by atoms with E-state index < -0.39 is 0 Å². The number of rotatable bonds is 6. The second-order valence-corrected chi connectivity index (χ2v) is 7.85. The van der Waals surface area contributed by atoms with Crippen LogP contribution in [0.4, 0.5) is 5.69 Å². The van der Waals surface area contributed by atoms with Crippen LogP contribution in [0.15, 0.2) is 73.4 Å². The first-order valence-corrected chi connectivity index (χ1v) is 11.1. The first kappa shape index (κ1) is 22.4. The summed E-state index contributed by atoms with van der Waals surface area (Å²) in [6.45, 7) is 4.24. The molecule has 0 aliphatic carbocycles. The number of benzene rings is 1. The van der Waals surface area contributed by atoms with Crippen molar-refractivity contribution in [3.8, 4) is 17.0 Å². The van der Waals surface area contributed by atoms with E-state index in [2.05, 4.69) is 36.8 Å². The Hall–Kier alpha value is -3.78. The lowest BCUT2D eigenvalue weighted by Gasteiger charge is -2.27. The summed E-state index contributed by atoms with van der Waals surface area (Å²) < 4.78 is 7.80. The fraction of sp³-hybridized carbons (Fsp3) is 0.280. The predicted molar refractivity (Wildman–Crippen MR) is 129 cm³/mol. The second kappa shape index (κ2) is 11.2. The van der Waals surface area contributed by atoms with Crippen LogP contribution in [0.3, 0.4) is 0 Å². The van der Waals surface area contributed by atoms with Gasteiger partial charge in [-0.25, -0.2) is 15.0 Å². The highest BCUT2D eigenvalue weighted by Gasteiger charge is 2.20. The topological polar surface area (TPSA) is 89.8 Å². The van der Waals surface area contributed by atoms with Crippen LogP contribution in [0.25, 0.3) is 11.1 Å². The maximum atomic E-state index is 6.01. The summed E-state index contributed by atoms with van der Waals surface area (Å²) in [4.78, 5) is 12.9. The fourth-order valence-electron chi connectivity index (χ4n) is 3.37. The van der Waals surface area contributed by atoms with Gasteiger partial charge in [-0.05, 0) is 31.5 Å². The Balaban J connectivity index is 0.000000376. The van der Waals surface area contributed by atoms with Gasteiger partial charge in [0.1, 0.15) is 11.9 Å². The molecule has 2 N–H and O–H groups in total. The zero-order chi connectivity index (χ0) is 22.9. The summed E-state index contributed by atoms with van der Waals surface area (Å²) >= 11 is 0. The molecule has 8 heteroatoms. The Morgan fingerprint density at radius 3 is 2.39 bits per heavy atom. The smallest absolute Gasteiger partial charge is 0.237 e. The number of ether oxygens (including phenoxy) is 1. The summed E-state index contributed by atoms with van der Waals surface area (Å²) in [6, 6.07) is 14.1. The number of nitrogens with one attached hydrogen (secondary N) is 2. The number of fused-ring (bicyclic) bond motifs is 1. The van der Waals surface area contributed by atoms with Crippen molar-refractivity contribution in [2.24, 2.45) is 7.05 Å². The molecule has 0 saturated heterocycles. The van der Waals surface area contributed by atoms with Crippen LogP contribution in [-0.2, 0) is 13.5 Å². The maximum Gasteiger partial charge on any atom is 0.237 e. The molecule has 0 fully saturated rings. The van der Waals surface area contributed by atoms with E-state index in [9.17, 15) is 0 Å². The Morgan fingerprint density at radius 2 is 1.73 bits per heavy atom. The molecule has 33 heavy (non-hydrogen) atoms. The third-order valence-corrected chi connectivity index (χ3v) is 5.15. The maximum absolute atomic E-state index is 6.01. The Labute approximate surface area is 194 Å². The largest absolute Gasteiger partial charge is 0.470 e. The third-order valence-electron chi connectivity index (χ3n) is 5.15. The summed E-state index contributed by atoms with van der Waals surface area (Å²) in [7, 11) is 1.90. The number of aryl methyl sites for hydroxylation is 2. The van der Waals surface area contributed by atoms with E-state index in [0.717, 1.165) is 54.3 Å². The molecule has 0 amide bonds. The molecule has 1 aromatic carbocycles. The van der Waals surface area contributed by atoms with Crippen LogP contribution in [0.1, 0.15) is 11.4 Å². The molecule has 170 valence electrons. The molecule has 8 nitrogen and oxygen atoms in total. The van der Waals surface area contributed by atoms with Crippen LogP contribution in [0, 0.1) is 6.92 Å². The van der Waals surface area contributed by atoms with Crippen molar-refractivity contribution in [1.82, 2.24) is 30.0 Å². The van der Waals surface area contributed by atoms with Crippen LogP contribution in [-0.4, -0.2) is 50.5 Å². The summed E-state index contributed by atoms with van der Waals surface area (Å²) in [6.07, 6.45) is 10.3. The normalized spacial score (nSPS) is 14.3. The van der Waals surface area contributed by atoms with E-state index >= 15 is 0 Å². The molecule has 4 aromatic rings. The van der Waals surface area contributed by atoms with E-state index in [1.807, 2.05) is 81.4 Å². The zero-order valence-electron chi connectivity index (χ0n) is 19.0. The van der Waals surface area contributed by atoms with Crippen molar-refractivity contribution in [3.05, 3.63) is 84.8 Å². The standard InChI is InChI=1S/C19H23N7O.C6H6/c1-13-21-6-14(7-22-13)3-4-20-10-17-11-23-18-5-15(8-24-19(18)27-17)16-9-25-26(2)12-16;1-2-4-6-5-3-1/h5-9,12,17,20,23H,3-4,10-11H2,1-2H3;1-6H. The zero-order valence-corrected chi connectivity index (χ0v) is 19.0. The lowest BCUT2D eigenvalue weighted by Crippen LogP contribution is -2.40. The van der Waals surface area contributed by atoms with Crippen LogP contribution in [0.5, 0.6) is 5.88 Å². The van der Waals surface area contributed by atoms with E-state index in [1.54, 1.807) is 4.68 Å². The predicted octanol–water partition coefficient (Wildman–Crippen LogP) is 3.27. The highest BCUT2D eigenvalue weighted by molar-refractivity contribution is 5.69. The molecular formula is C25H29N7O. The van der Waals surface area contributed by atoms with Crippen LogP contribution in [0.2, 0.25) is 0 Å². The van der Waals surface area contributed by atoms with Crippen molar-refractivity contribution in [2.75, 3.05) is 25.0 Å². The third kappa shape index (κ3) is 6.60. The van der Waals surface area contributed by atoms with Gasteiger partial charge < -0.3 is 15.4 Å². The second-order valence-electron chi connectivity index (χ2n) is 7.85. The van der Waals surface area contributed by atoms with E-state index in [4.69, 9.17) is 4.74 Å². The summed E-state index contributed by atoms with van der Waals surface area (Å²) in [5, 5.41) is 11.1. The molecule has 0 radical (unpaired) electrons. The van der Waals surface area contributed by atoms with Gasteiger partial charge in [-0.3, -0.25) is 4.68 Å². The van der Waals surface area contributed by atoms with Gasteiger partial charge in [0.15, 0.2) is 0 Å². The van der Waals surface area contributed by atoms with E-state index in [0.29, 0.717) is 5.88 Å². The van der Waals surface area contributed by atoms with Gasteiger partial charge in [-0.15, -0.1) is 0 Å². The average molecular weight is 444 g/mol. The van der Waals surface area contributed by atoms with Crippen molar-refractivity contribution >= 4 is 5.69 Å². The number of pyridine rings is 1. The van der Waals surface area contributed by atoms with Gasteiger partial charge in [0.25, 0.3) is 0 Å². The van der Waals surface area contributed by atoms with Crippen LogP contribution < -0.4 is 15.4 Å². The molecule has 0 spiro atoms. The average Bonchev–Trinajstić information content (AvgIpc) is 3.30. The van der Waals surface area contributed by atoms with Crippen molar-refractivity contribution in [1.29, 1.82) is 0 Å². The SMILES string of the molecule is Cc1ncc(CCNCC2CNc3cc(-c4cnn(C)c4)cnc3O2)cn1.c1ccccc1. The first-order chi connectivity index (χ1) is 16.2. The molecule has 0 bridgehead atoms. The molecule has 1 aliphatic heterocycles. The fourth-order valence-corrected chi connectivity index (χ4v) is 3.37. The Morgan fingerprint density at radius 1 is 1.00 bits per heavy atom. The minimum absolute atomic E-state index is 0.0449. The van der Waals surface area contributed by atoms with Gasteiger partial charge >= 0.3 is 0 Å². The minimum atomic E-state index is 0.0449. The summed E-state index contributed by atoms with van der Waals surface area (Å²) in [5.74, 6) is 1.44. The Kier molecular flexibility index (Phi) is 7.60. The number of nitrogens with zero attached hydrogens (tertiary/aromatic N) is 5. The van der Waals surface area contributed by atoms with Gasteiger partial charge in [-0.1, -0.05) is 36.4 Å². The van der Waals surface area contributed by atoms with Gasteiger partial charge in [0, 0.05) is 49.5 Å². The molecule has 4 heterocycles. The van der Waals surface area contributed by atoms with Crippen molar-refractivity contribution < 1.29 is 4.74 Å². The monoisotopic (exact) mass is 443 g/mol. The highest BCUT2D eigenvalue weighted by Crippen LogP contribution is 2.30. The highest BCUT2D eigenvalue weighted by atomic mass is 16.5. The van der Waals surface area contributed by atoms with Crippen molar-refractivity contribution in [2.45, 2.75) is 19.4 Å². The molecule has 0 saturated carbocycles. The summed E-state index contributed by atoms with van der Waals surface area (Å²) in [5.41, 5.74) is 4.11. The van der Waals surface area contributed by atoms with E-state index in [1.165, 1.54) is 0 Å².